The summed E-state index contributed by atoms with van der Waals surface area (Å²) in [5.41, 5.74) is 0. The first-order chi connectivity index (χ1) is 28.1. The molecule has 0 aliphatic heterocycles. The van der Waals surface area contributed by atoms with Crippen molar-refractivity contribution in [1.29, 1.82) is 0 Å². The Labute approximate surface area is 346 Å². The van der Waals surface area contributed by atoms with E-state index in [9.17, 15) is 44.0 Å². The minimum Gasteiger partial charge on any atom is -0.456 e. The average Bonchev–Trinajstić information content (AvgIpc) is 3.18. The molecule has 0 bridgehead atoms. The molecule has 0 radical (unpaired) electrons. The zero-order chi connectivity index (χ0) is 43.9. The van der Waals surface area contributed by atoms with Crippen LogP contribution in [0.1, 0.15) is 104 Å². The molecule has 18 heteroatoms. The Kier molecular flexibility index (Phi) is 27.7. The second kappa shape index (κ2) is 30.9. The van der Waals surface area contributed by atoms with Gasteiger partial charge in [-0.2, -0.15) is 0 Å². The molecule has 7 N–H and O–H groups in total. The van der Waals surface area contributed by atoms with Crippen molar-refractivity contribution in [2.75, 3.05) is 13.2 Å². The SMILES string of the molecule is CC#CC#CC#CC#CC#CC#CC#CC(=O)OC[C@H](COP(=O)(O)OC1C(O)[C@H](O)[C@H](OP(=O)(O)O)C(O)[C@@H]1O)OC(=O)CCCCCCCCCCCCCCC. The number of carbonyl (C=O) groups excluding carboxylic acids is 2. The number of ether oxygens (including phenoxy) is 2. The molecule has 1 aliphatic carbocycles. The molecule has 322 valence electrons. The molecule has 0 aromatic heterocycles. The summed E-state index contributed by atoms with van der Waals surface area (Å²) in [6.45, 7) is 2.18. The fourth-order valence-electron chi connectivity index (χ4n) is 5.26. The third-order valence-corrected chi connectivity index (χ3v) is 9.65. The molecule has 0 amide bonds. The Hall–Kier alpha value is -4.08. The molecule has 1 saturated carbocycles. The van der Waals surface area contributed by atoms with E-state index in [4.69, 9.17) is 28.3 Å². The second-order valence-corrected chi connectivity index (χ2v) is 15.5. The molecule has 0 saturated heterocycles. The van der Waals surface area contributed by atoms with E-state index < -0.39 is 83.5 Å². The third kappa shape index (κ3) is 25.9. The Morgan fingerprint density at radius 2 is 0.983 bits per heavy atom. The van der Waals surface area contributed by atoms with Gasteiger partial charge in [-0.05, 0) is 84.4 Å². The number of hydrogen-bond acceptors (Lipinski definition) is 13. The van der Waals surface area contributed by atoms with Crippen LogP contribution in [0.2, 0.25) is 0 Å². The number of hydrogen-bond donors (Lipinski definition) is 7. The fraction of sp³-hybridized carbons (Fsp3) is 0.610. The van der Waals surface area contributed by atoms with Crippen molar-refractivity contribution >= 4 is 27.6 Å². The van der Waals surface area contributed by atoms with Crippen molar-refractivity contribution in [2.45, 2.75) is 146 Å². The Morgan fingerprint density at radius 3 is 1.42 bits per heavy atom. The summed E-state index contributed by atoms with van der Waals surface area (Å²) in [7, 11) is -10.7. The van der Waals surface area contributed by atoms with Crippen LogP contribution >= 0.6 is 15.6 Å². The number of phosphoric ester groups is 2. The van der Waals surface area contributed by atoms with E-state index in [-0.39, 0.29) is 6.42 Å². The van der Waals surface area contributed by atoms with Crippen molar-refractivity contribution in [3.8, 4) is 82.9 Å². The topological polar surface area (TPSA) is 256 Å². The number of rotatable bonds is 24. The molecule has 8 atom stereocenters. The highest BCUT2D eigenvalue weighted by molar-refractivity contribution is 7.47. The van der Waals surface area contributed by atoms with Crippen molar-refractivity contribution in [3.63, 3.8) is 0 Å². The van der Waals surface area contributed by atoms with Gasteiger partial charge in [0.25, 0.3) is 0 Å². The van der Waals surface area contributed by atoms with E-state index in [1.807, 2.05) is 0 Å². The van der Waals surface area contributed by atoms with Crippen LogP contribution in [0.25, 0.3) is 0 Å². The van der Waals surface area contributed by atoms with Gasteiger partial charge in [-0.3, -0.25) is 18.4 Å². The van der Waals surface area contributed by atoms with Gasteiger partial charge in [0.2, 0.25) is 0 Å². The minimum absolute atomic E-state index is 0.0286. The molecule has 4 unspecified atom stereocenters. The van der Waals surface area contributed by atoms with Crippen LogP contribution in [0.4, 0.5) is 0 Å². The predicted octanol–water partition coefficient (Wildman–Crippen LogP) is 2.40. The molecule has 0 aromatic rings. The fourth-order valence-corrected chi connectivity index (χ4v) is 6.80. The zero-order valence-corrected chi connectivity index (χ0v) is 34.8. The maximum atomic E-state index is 12.8. The number of esters is 2. The number of aliphatic hydroxyl groups is 4. The lowest BCUT2D eigenvalue weighted by Gasteiger charge is -2.43. The molecule has 0 aromatic carbocycles. The molecule has 16 nitrogen and oxygen atoms in total. The number of aliphatic hydroxyl groups excluding tert-OH is 4. The van der Waals surface area contributed by atoms with E-state index in [0.29, 0.717) is 6.42 Å². The molecule has 1 rings (SSSR count). The van der Waals surface area contributed by atoms with E-state index in [1.54, 1.807) is 6.92 Å². The standard InChI is InChI=1S/C41H52O16P2/c1-3-5-7-9-11-13-15-17-19-21-23-25-27-29-34(42)53-31-33(55-35(43)30-28-26-24-22-20-18-16-14-12-10-8-6-4-2)32-54-59(51,52)57-41-38(46)36(44)40(37(45)39(41)47)56-58(48,49)50/h33,36-41,44-47H,4,6,8,10,12,14,16,18,20,22,24,26,28,30-32H2,1-2H3,(H,51,52)(H2,48,49,50)/t33-,36+,37?,38?,39+,40+,41?/m1/s1. The van der Waals surface area contributed by atoms with Crippen molar-refractivity contribution < 1.29 is 76.9 Å². The Balaban J connectivity index is 2.82. The van der Waals surface area contributed by atoms with Crippen LogP contribution in [-0.4, -0.2) is 103 Å². The van der Waals surface area contributed by atoms with Gasteiger partial charge in [0.15, 0.2) is 6.10 Å². The number of phosphoric acid groups is 2. The van der Waals surface area contributed by atoms with E-state index in [2.05, 4.69) is 94.3 Å². The average molecular weight is 863 g/mol. The van der Waals surface area contributed by atoms with Gasteiger partial charge in [0, 0.05) is 12.3 Å². The van der Waals surface area contributed by atoms with E-state index in [0.717, 1.165) is 32.1 Å². The van der Waals surface area contributed by atoms with Gasteiger partial charge < -0.3 is 44.6 Å². The minimum atomic E-state index is -5.34. The summed E-state index contributed by atoms with van der Waals surface area (Å²) >= 11 is 0. The van der Waals surface area contributed by atoms with Crippen LogP contribution in [0.3, 0.4) is 0 Å². The molecule has 59 heavy (non-hydrogen) atoms. The lowest BCUT2D eigenvalue weighted by atomic mass is 9.85. The van der Waals surface area contributed by atoms with E-state index in [1.165, 1.54) is 44.9 Å². The quantitative estimate of drug-likeness (QED) is 0.0242. The van der Waals surface area contributed by atoms with Crippen LogP contribution in [0.5, 0.6) is 0 Å². The normalized spacial score (nSPS) is 20.6. The monoisotopic (exact) mass is 862 g/mol. The third-order valence-electron chi connectivity index (χ3n) is 8.14. The largest absolute Gasteiger partial charge is 0.472 e. The number of unbranched alkanes of at least 4 members (excludes halogenated alkanes) is 12. The highest BCUT2D eigenvalue weighted by Gasteiger charge is 2.54. The summed E-state index contributed by atoms with van der Waals surface area (Å²) < 4.78 is 48.3. The Bertz CT molecular complexity index is 1860. The lowest BCUT2D eigenvalue weighted by Crippen LogP contribution is -2.64. The highest BCUT2D eigenvalue weighted by atomic mass is 31.2. The van der Waals surface area contributed by atoms with Crippen LogP contribution in [0, 0.1) is 82.9 Å². The molecule has 0 heterocycles. The molecule has 1 aliphatic rings. The van der Waals surface area contributed by atoms with Crippen molar-refractivity contribution in [1.82, 2.24) is 0 Å². The van der Waals surface area contributed by atoms with Gasteiger partial charge in [-0.15, -0.1) is 0 Å². The van der Waals surface area contributed by atoms with Crippen LogP contribution in [0.15, 0.2) is 0 Å². The number of carbonyl (C=O) groups is 2. The van der Waals surface area contributed by atoms with Crippen LogP contribution in [-0.2, 0) is 41.8 Å². The molecule has 0 spiro atoms. The second-order valence-electron chi connectivity index (χ2n) is 12.9. The summed E-state index contributed by atoms with van der Waals surface area (Å²) in [4.78, 5) is 53.3. The van der Waals surface area contributed by atoms with Crippen molar-refractivity contribution in [3.05, 3.63) is 0 Å². The lowest BCUT2D eigenvalue weighted by molar-refractivity contribution is -0.216. The van der Waals surface area contributed by atoms with Gasteiger partial charge in [-0.1, -0.05) is 89.9 Å². The summed E-state index contributed by atoms with van der Waals surface area (Å²) in [5, 5.41) is 41.2. The van der Waals surface area contributed by atoms with Crippen molar-refractivity contribution in [2.24, 2.45) is 0 Å². The molecule has 1 fully saturated rings. The highest BCUT2D eigenvalue weighted by Crippen LogP contribution is 2.48. The first-order valence-electron chi connectivity index (χ1n) is 19.0. The summed E-state index contributed by atoms with van der Waals surface area (Å²) in [5.74, 6) is 31.6. The first kappa shape index (κ1) is 52.9. The van der Waals surface area contributed by atoms with Crippen LogP contribution < -0.4 is 0 Å². The van der Waals surface area contributed by atoms with Gasteiger partial charge >= 0.3 is 27.6 Å². The van der Waals surface area contributed by atoms with E-state index >= 15 is 0 Å². The maximum Gasteiger partial charge on any atom is 0.472 e. The van der Waals surface area contributed by atoms with Gasteiger partial charge in [0.05, 0.1) is 6.61 Å². The summed E-state index contributed by atoms with van der Waals surface area (Å²) in [6.07, 6.45) is -1.07. The predicted molar refractivity (Wildman–Crippen MR) is 213 cm³/mol. The molecular weight excluding hydrogens is 810 g/mol. The molecular formula is C41H52O16P2. The first-order valence-corrected chi connectivity index (χ1v) is 22.0. The smallest absolute Gasteiger partial charge is 0.456 e. The maximum absolute atomic E-state index is 12.8. The Morgan fingerprint density at radius 1 is 0.576 bits per heavy atom. The van der Waals surface area contributed by atoms with Gasteiger partial charge in [-0.25, -0.2) is 13.9 Å². The van der Waals surface area contributed by atoms with Gasteiger partial charge in [0.1, 0.15) is 43.2 Å². The summed E-state index contributed by atoms with van der Waals surface area (Å²) in [6, 6.07) is 0. The zero-order valence-electron chi connectivity index (χ0n) is 33.1.